The highest BCUT2D eigenvalue weighted by Gasteiger charge is 2.21. The Labute approximate surface area is 153 Å². The van der Waals surface area contributed by atoms with Gasteiger partial charge < -0.3 is 4.74 Å². The van der Waals surface area contributed by atoms with Crippen LogP contribution in [0.3, 0.4) is 0 Å². The molecule has 3 nitrogen and oxygen atoms in total. The average molecular weight is 399 g/mol. The summed E-state index contributed by atoms with van der Waals surface area (Å²) >= 11 is 5.12. The molecule has 0 fully saturated rings. The zero-order valence-electron chi connectivity index (χ0n) is 13.1. The van der Waals surface area contributed by atoms with E-state index in [1.54, 1.807) is 18.4 Å². The molecule has 1 aromatic heterocycles. The number of halogens is 1. The number of aliphatic imine (C=N–C) groups is 1. The number of methoxy groups -OCH3 is 1. The summed E-state index contributed by atoms with van der Waals surface area (Å²) in [5, 5.41) is 0.812. The third-order valence-corrected chi connectivity index (χ3v) is 5.62. The maximum atomic E-state index is 5.32. The van der Waals surface area contributed by atoms with Gasteiger partial charge in [0.2, 0.25) is 5.13 Å². The summed E-state index contributed by atoms with van der Waals surface area (Å²) in [6, 6.07) is 14.3. The maximum absolute atomic E-state index is 5.32. The number of hydrogen-bond acceptors (Lipinski definition) is 4. The number of ether oxygens (including phenoxy) is 1. The number of aromatic nitrogens is 1. The van der Waals surface area contributed by atoms with E-state index in [4.69, 9.17) is 9.72 Å². The molecule has 0 aliphatic heterocycles. The van der Waals surface area contributed by atoms with Crippen LogP contribution in [-0.2, 0) is 12.8 Å². The smallest absolute Gasteiger partial charge is 0.209 e. The zero-order chi connectivity index (χ0) is 16.5. The Morgan fingerprint density at radius 3 is 2.79 bits per heavy atom. The fourth-order valence-electron chi connectivity index (χ4n) is 2.84. The molecule has 0 saturated carbocycles. The van der Waals surface area contributed by atoms with Gasteiger partial charge >= 0.3 is 0 Å². The van der Waals surface area contributed by atoms with Gasteiger partial charge in [-0.3, -0.25) is 0 Å². The van der Waals surface area contributed by atoms with Crippen molar-refractivity contribution in [2.24, 2.45) is 4.99 Å². The van der Waals surface area contributed by atoms with Crippen molar-refractivity contribution < 1.29 is 4.74 Å². The number of hydrogen-bond donors (Lipinski definition) is 0. The van der Waals surface area contributed by atoms with E-state index in [0.717, 1.165) is 39.5 Å². The summed E-state index contributed by atoms with van der Waals surface area (Å²) in [6.45, 7) is 0. The lowest BCUT2D eigenvalue weighted by Crippen LogP contribution is -2.02. The second-order valence-electron chi connectivity index (χ2n) is 5.60. The molecular formula is C19H15BrN2OS. The molecule has 3 aromatic rings. The van der Waals surface area contributed by atoms with Crippen LogP contribution in [0.4, 0.5) is 5.13 Å². The number of fused-ring (bicyclic) bond motifs is 3. The fourth-order valence-corrected chi connectivity index (χ4v) is 4.02. The van der Waals surface area contributed by atoms with Gasteiger partial charge in [-0.15, -0.1) is 0 Å². The van der Waals surface area contributed by atoms with Gasteiger partial charge in [0, 0.05) is 21.1 Å². The molecule has 0 amide bonds. The molecule has 2 aromatic carbocycles. The standard InChI is InChI=1S/C19H15BrN2OS/c1-23-15-7-8-16-13(10-15)4-9-17-18(16)22-19(24-17)21-11-12-2-5-14(20)6-3-12/h2-3,5-8,10-11H,4,9H2,1H3. The van der Waals surface area contributed by atoms with E-state index < -0.39 is 0 Å². The lowest BCUT2D eigenvalue weighted by Gasteiger charge is -2.15. The van der Waals surface area contributed by atoms with Gasteiger partial charge in [-0.1, -0.05) is 39.4 Å². The number of benzene rings is 2. The van der Waals surface area contributed by atoms with Gasteiger partial charge in [-0.2, -0.15) is 0 Å². The Bertz CT molecular complexity index is 916. The first-order valence-electron chi connectivity index (χ1n) is 7.69. The van der Waals surface area contributed by atoms with Crippen LogP contribution in [0.2, 0.25) is 0 Å². The molecule has 0 unspecified atom stereocenters. The Hall–Kier alpha value is -1.98. The lowest BCUT2D eigenvalue weighted by molar-refractivity contribution is 0.414. The van der Waals surface area contributed by atoms with Crippen molar-refractivity contribution in [3.8, 4) is 17.0 Å². The van der Waals surface area contributed by atoms with E-state index in [9.17, 15) is 0 Å². The van der Waals surface area contributed by atoms with Crippen LogP contribution >= 0.6 is 27.3 Å². The molecule has 1 aliphatic carbocycles. The third kappa shape index (κ3) is 3.01. The second-order valence-corrected chi connectivity index (χ2v) is 7.58. The predicted molar refractivity (Wildman–Crippen MR) is 103 cm³/mol. The normalized spacial score (nSPS) is 12.9. The summed E-state index contributed by atoms with van der Waals surface area (Å²) in [7, 11) is 1.70. The summed E-state index contributed by atoms with van der Waals surface area (Å²) in [6.07, 6.45) is 3.91. The maximum Gasteiger partial charge on any atom is 0.209 e. The van der Waals surface area contributed by atoms with Crippen LogP contribution < -0.4 is 4.74 Å². The minimum absolute atomic E-state index is 0.812. The van der Waals surface area contributed by atoms with E-state index in [1.807, 2.05) is 36.5 Å². The van der Waals surface area contributed by atoms with Gasteiger partial charge in [0.15, 0.2) is 0 Å². The number of aryl methyl sites for hydroxylation is 2. The molecule has 24 heavy (non-hydrogen) atoms. The predicted octanol–water partition coefficient (Wildman–Crippen LogP) is 5.43. The molecule has 0 saturated heterocycles. The number of thiazole rings is 1. The molecule has 1 aliphatic rings. The topological polar surface area (TPSA) is 34.5 Å². The van der Waals surface area contributed by atoms with Crippen LogP contribution in [0.1, 0.15) is 16.0 Å². The van der Waals surface area contributed by atoms with E-state index in [1.165, 1.54) is 16.0 Å². The van der Waals surface area contributed by atoms with E-state index in [0.29, 0.717) is 0 Å². The third-order valence-electron chi connectivity index (χ3n) is 4.07. The fraction of sp³-hybridized carbons (Fsp3) is 0.158. The minimum atomic E-state index is 0.812. The quantitative estimate of drug-likeness (QED) is 0.551. The molecule has 1 heterocycles. The SMILES string of the molecule is COc1ccc2c(c1)CCc1sc(N=Cc3ccc(Br)cc3)nc1-2. The highest BCUT2D eigenvalue weighted by molar-refractivity contribution is 9.10. The Balaban J connectivity index is 1.65. The van der Waals surface area contributed by atoms with E-state index in [-0.39, 0.29) is 0 Å². The minimum Gasteiger partial charge on any atom is -0.497 e. The molecule has 5 heteroatoms. The molecule has 4 rings (SSSR count). The van der Waals surface area contributed by atoms with Crippen LogP contribution in [-0.4, -0.2) is 18.3 Å². The van der Waals surface area contributed by atoms with Gasteiger partial charge in [0.1, 0.15) is 5.75 Å². The zero-order valence-corrected chi connectivity index (χ0v) is 15.5. The van der Waals surface area contributed by atoms with Crippen molar-refractivity contribution in [2.45, 2.75) is 12.8 Å². The monoisotopic (exact) mass is 398 g/mol. The summed E-state index contributed by atoms with van der Waals surface area (Å²) in [4.78, 5) is 10.6. The molecular weight excluding hydrogens is 384 g/mol. The second kappa shape index (κ2) is 6.49. The highest BCUT2D eigenvalue weighted by Crippen LogP contribution is 2.40. The molecule has 0 N–H and O–H groups in total. The molecule has 0 atom stereocenters. The van der Waals surface area contributed by atoms with Gasteiger partial charge in [0.05, 0.1) is 12.8 Å². The highest BCUT2D eigenvalue weighted by atomic mass is 79.9. The van der Waals surface area contributed by atoms with Gasteiger partial charge in [-0.25, -0.2) is 9.98 Å². The molecule has 0 bridgehead atoms. The average Bonchev–Trinajstić information content (AvgIpc) is 3.04. The Kier molecular flexibility index (Phi) is 4.21. The first kappa shape index (κ1) is 15.5. The van der Waals surface area contributed by atoms with Crippen molar-refractivity contribution in [1.82, 2.24) is 4.98 Å². The van der Waals surface area contributed by atoms with Crippen LogP contribution in [0, 0.1) is 0 Å². The van der Waals surface area contributed by atoms with E-state index >= 15 is 0 Å². The first-order valence-corrected chi connectivity index (χ1v) is 9.30. The van der Waals surface area contributed by atoms with Crippen molar-refractivity contribution >= 4 is 38.6 Å². The van der Waals surface area contributed by atoms with E-state index in [2.05, 4.69) is 33.1 Å². The lowest BCUT2D eigenvalue weighted by atomic mass is 9.93. The van der Waals surface area contributed by atoms with Crippen LogP contribution in [0.5, 0.6) is 5.75 Å². The largest absolute Gasteiger partial charge is 0.497 e. The number of nitrogens with zero attached hydrogens (tertiary/aromatic N) is 2. The Morgan fingerprint density at radius 1 is 1.17 bits per heavy atom. The summed E-state index contributed by atoms with van der Waals surface area (Å²) in [5.74, 6) is 0.904. The van der Waals surface area contributed by atoms with Crippen molar-refractivity contribution in [3.05, 3.63) is 62.9 Å². The first-order chi connectivity index (χ1) is 11.7. The molecule has 120 valence electrons. The summed E-state index contributed by atoms with van der Waals surface area (Å²) in [5.41, 5.74) is 4.65. The Morgan fingerprint density at radius 2 is 2.00 bits per heavy atom. The molecule has 0 radical (unpaired) electrons. The summed E-state index contributed by atoms with van der Waals surface area (Å²) < 4.78 is 6.39. The van der Waals surface area contributed by atoms with Crippen molar-refractivity contribution in [1.29, 1.82) is 0 Å². The van der Waals surface area contributed by atoms with Gasteiger partial charge in [0.25, 0.3) is 0 Å². The van der Waals surface area contributed by atoms with Gasteiger partial charge in [-0.05, 0) is 54.3 Å². The molecule has 0 spiro atoms. The number of rotatable bonds is 3. The van der Waals surface area contributed by atoms with Crippen LogP contribution in [0.15, 0.2) is 51.9 Å². The van der Waals surface area contributed by atoms with Crippen molar-refractivity contribution in [3.63, 3.8) is 0 Å². The van der Waals surface area contributed by atoms with Crippen LogP contribution in [0.25, 0.3) is 11.3 Å². The van der Waals surface area contributed by atoms with Crippen molar-refractivity contribution in [2.75, 3.05) is 7.11 Å².